The van der Waals surface area contributed by atoms with Gasteiger partial charge in [0.1, 0.15) is 0 Å². The molecule has 1 heterocycles. The third kappa shape index (κ3) is 2.67. The average Bonchev–Trinajstić information content (AvgIpc) is 2.67. The van der Waals surface area contributed by atoms with Crippen molar-refractivity contribution in [1.82, 2.24) is 10.2 Å². The van der Waals surface area contributed by atoms with Crippen LogP contribution in [0.5, 0.6) is 0 Å². The van der Waals surface area contributed by atoms with Crippen molar-refractivity contribution in [2.24, 2.45) is 4.99 Å². The highest BCUT2D eigenvalue weighted by Gasteiger charge is 2.10. The molecule has 0 spiro atoms. The number of benzene rings is 1. The van der Waals surface area contributed by atoms with E-state index >= 15 is 0 Å². The Morgan fingerprint density at radius 1 is 1.44 bits per heavy atom. The normalized spacial score (nSPS) is 15.1. The van der Waals surface area contributed by atoms with Crippen LogP contribution >= 0.6 is 11.6 Å². The van der Waals surface area contributed by atoms with Crippen molar-refractivity contribution in [3.05, 3.63) is 34.9 Å². The van der Waals surface area contributed by atoms with Crippen LogP contribution in [0.4, 0.5) is 0 Å². The summed E-state index contributed by atoms with van der Waals surface area (Å²) in [5.74, 6) is 0.993. The van der Waals surface area contributed by atoms with Crippen LogP contribution in [0.1, 0.15) is 5.56 Å². The second kappa shape index (κ2) is 5.21. The van der Waals surface area contributed by atoms with Gasteiger partial charge < -0.3 is 10.2 Å². The van der Waals surface area contributed by atoms with Crippen molar-refractivity contribution >= 4 is 17.6 Å². The molecule has 0 saturated heterocycles. The molecule has 0 radical (unpaired) electrons. The molecule has 16 heavy (non-hydrogen) atoms. The molecule has 0 aliphatic carbocycles. The second-order valence-electron chi connectivity index (χ2n) is 3.90. The molecule has 1 N–H and O–H groups in total. The molecule has 0 unspecified atom stereocenters. The van der Waals surface area contributed by atoms with Crippen LogP contribution in [-0.2, 0) is 6.42 Å². The zero-order chi connectivity index (χ0) is 11.4. The van der Waals surface area contributed by atoms with E-state index in [0.717, 1.165) is 37.0 Å². The largest absolute Gasteiger partial charge is 0.356 e. The molecule has 0 atom stereocenters. The summed E-state index contributed by atoms with van der Waals surface area (Å²) in [7, 11) is 2.05. The standard InChI is InChI=1S/C12H16ClN3/c1-16-9-8-15-12(16)14-7-6-10-4-2-3-5-11(10)13/h2-5H,6-9H2,1H3,(H,14,15). The molecule has 4 heteroatoms. The third-order valence-electron chi connectivity index (χ3n) is 2.69. The highest BCUT2D eigenvalue weighted by Crippen LogP contribution is 2.14. The van der Waals surface area contributed by atoms with E-state index in [1.165, 1.54) is 5.56 Å². The maximum absolute atomic E-state index is 6.08. The number of hydrogen-bond acceptors (Lipinski definition) is 3. The molecule has 0 aromatic heterocycles. The van der Waals surface area contributed by atoms with E-state index in [0.29, 0.717) is 0 Å². The fourth-order valence-corrected chi connectivity index (χ4v) is 1.96. The van der Waals surface area contributed by atoms with Gasteiger partial charge in [-0.25, -0.2) is 0 Å². The van der Waals surface area contributed by atoms with Crippen molar-refractivity contribution in [2.75, 3.05) is 26.7 Å². The Bertz CT molecular complexity index is 390. The topological polar surface area (TPSA) is 27.6 Å². The molecule has 1 aliphatic rings. The molecule has 1 aromatic carbocycles. The average molecular weight is 238 g/mol. The van der Waals surface area contributed by atoms with Crippen LogP contribution in [0.2, 0.25) is 5.02 Å². The Morgan fingerprint density at radius 2 is 2.25 bits per heavy atom. The first kappa shape index (κ1) is 11.3. The summed E-state index contributed by atoms with van der Waals surface area (Å²) in [6, 6.07) is 7.95. The fraction of sp³-hybridized carbons (Fsp3) is 0.417. The molecule has 86 valence electrons. The smallest absolute Gasteiger partial charge is 0.193 e. The minimum absolute atomic E-state index is 0.839. The molecule has 0 saturated carbocycles. The van der Waals surface area contributed by atoms with Gasteiger partial charge in [0.05, 0.1) is 6.54 Å². The van der Waals surface area contributed by atoms with Crippen molar-refractivity contribution < 1.29 is 0 Å². The molecule has 0 fully saturated rings. The van der Waals surface area contributed by atoms with Gasteiger partial charge in [0.15, 0.2) is 5.96 Å². The van der Waals surface area contributed by atoms with E-state index in [-0.39, 0.29) is 0 Å². The van der Waals surface area contributed by atoms with Crippen molar-refractivity contribution in [3.63, 3.8) is 0 Å². The molecule has 1 aliphatic heterocycles. The van der Waals surface area contributed by atoms with E-state index in [9.17, 15) is 0 Å². The monoisotopic (exact) mass is 237 g/mol. The predicted octanol–water partition coefficient (Wildman–Crippen LogP) is 1.77. The number of rotatable bonds is 3. The highest BCUT2D eigenvalue weighted by atomic mass is 35.5. The molecule has 3 nitrogen and oxygen atoms in total. The number of nitrogens with one attached hydrogen (secondary N) is 1. The van der Waals surface area contributed by atoms with Crippen molar-refractivity contribution in [2.45, 2.75) is 6.42 Å². The van der Waals surface area contributed by atoms with Crippen molar-refractivity contribution in [3.8, 4) is 0 Å². The molecule has 0 bridgehead atoms. The van der Waals surface area contributed by atoms with Gasteiger partial charge in [-0.3, -0.25) is 4.99 Å². The third-order valence-corrected chi connectivity index (χ3v) is 3.06. The first-order valence-electron chi connectivity index (χ1n) is 5.50. The zero-order valence-electron chi connectivity index (χ0n) is 9.41. The summed E-state index contributed by atoms with van der Waals surface area (Å²) >= 11 is 6.08. The summed E-state index contributed by atoms with van der Waals surface area (Å²) < 4.78 is 0. The first-order chi connectivity index (χ1) is 7.77. The maximum Gasteiger partial charge on any atom is 0.193 e. The van der Waals surface area contributed by atoms with Crippen LogP contribution < -0.4 is 5.32 Å². The Morgan fingerprint density at radius 3 is 2.94 bits per heavy atom. The van der Waals surface area contributed by atoms with Gasteiger partial charge in [0, 0.05) is 25.2 Å². The van der Waals surface area contributed by atoms with Crippen LogP contribution in [0.25, 0.3) is 0 Å². The van der Waals surface area contributed by atoms with Crippen LogP contribution in [0.15, 0.2) is 29.3 Å². The molecular weight excluding hydrogens is 222 g/mol. The quantitative estimate of drug-likeness (QED) is 0.868. The minimum atomic E-state index is 0.839. The van der Waals surface area contributed by atoms with Crippen LogP contribution in [0.3, 0.4) is 0 Å². The van der Waals surface area contributed by atoms with Gasteiger partial charge in [0.25, 0.3) is 0 Å². The second-order valence-corrected chi connectivity index (χ2v) is 4.30. The summed E-state index contributed by atoms with van der Waals surface area (Å²) in [6.45, 7) is 2.77. The van der Waals surface area contributed by atoms with E-state index in [4.69, 9.17) is 11.6 Å². The lowest BCUT2D eigenvalue weighted by Gasteiger charge is -2.15. The van der Waals surface area contributed by atoms with Gasteiger partial charge in [-0.1, -0.05) is 29.8 Å². The number of likely N-dealkylation sites (N-methyl/N-ethyl adjacent to an activating group) is 1. The zero-order valence-corrected chi connectivity index (χ0v) is 10.2. The van der Waals surface area contributed by atoms with Gasteiger partial charge in [0.2, 0.25) is 0 Å². The number of aliphatic imine (C=N–C) groups is 1. The van der Waals surface area contributed by atoms with Gasteiger partial charge in [-0.2, -0.15) is 0 Å². The predicted molar refractivity (Wildman–Crippen MR) is 68.1 cm³/mol. The maximum atomic E-state index is 6.08. The lowest BCUT2D eigenvalue weighted by Crippen LogP contribution is -2.36. The number of halogens is 1. The van der Waals surface area contributed by atoms with E-state index in [1.807, 2.05) is 25.2 Å². The number of hydrogen-bond donors (Lipinski definition) is 1. The molecular formula is C12H16ClN3. The summed E-state index contributed by atoms with van der Waals surface area (Å²) in [5, 5.41) is 4.16. The van der Waals surface area contributed by atoms with Crippen LogP contribution in [0, 0.1) is 0 Å². The van der Waals surface area contributed by atoms with Gasteiger partial charge in [-0.15, -0.1) is 0 Å². The number of guanidine groups is 1. The van der Waals surface area contributed by atoms with Gasteiger partial charge in [-0.05, 0) is 18.1 Å². The Kier molecular flexibility index (Phi) is 3.67. The number of nitrogens with zero attached hydrogens (tertiary/aromatic N) is 2. The Balaban J connectivity index is 1.82. The first-order valence-corrected chi connectivity index (χ1v) is 5.88. The highest BCUT2D eigenvalue weighted by molar-refractivity contribution is 6.31. The Labute approximate surface area is 101 Å². The van der Waals surface area contributed by atoms with E-state index in [2.05, 4.69) is 21.3 Å². The lowest BCUT2D eigenvalue weighted by molar-refractivity contribution is 0.534. The lowest BCUT2D eigenvalue weighted by atomic mass is 10.1. The summed E-state index contributed by atoms with van der Waals surface area (Å²) in [6.07, 6.45) is 0.923. The van der Waals surface area contributed by atoms with E-state index in [1.54, 1.807) is 0 Å². The molecule has 2 rings (SSSR count). The molecule has 1 aromatic rings. The fourth-order valence-electron chi connectivity index (χ4n) is 1.73. The van der Waals surface area contributed by atoms with Crippen LogP contribution in [-0.4, -0.2) is 37.5 Å². The van der Waals surface area contributed by atoms with Gasteiger partial charge >= 0.3 is 0 Å². The summed E-state index contributed by atoms with van der Waals surface area (Å²) in [5.41, 5.74) is 1.18. The summed E-state index contributed by atoms with van der Waals surface area (Å²) in [4.78, 5) is 6.50. The molecule has 0 amide bonds. The SMILES string of the molecule is CN1CCN=C1NCCc1ccccc1Cl. The minimum Gasteiger partial charge on any atom is -0.356 e. The van der Waals surface area contributed by atoms with E-state index < -0.39 is 0 Å². The Hall–Kier alpha value is -1.22. The van der Waals surface area contributed by atoms with Crippen molar-refractivity contribution in [1.29, 1.82) is 0 Å².